The predicted octanol–water partition coefficient (Wildman–Crippen LogP) is 2.05. The fourth-order valence-corrected chi connectivity index (χ4v) is 2.66. The zero-order chi connectivity index (χ0) is 12.8. The molecular weight excluding hydrogens is 214 g/mol. The van der Waals surface area contributed by atoms with Crippen LogP contribution in [0.3, 0.4) is 0 Å². The van der Waals surface area contributed by atoms with E-state index in [1.54, 1.807) is 0 Å². The second-order valence-corrected chi connectivity index (χ2v) is 6.02. The van der Waals surface area contributed by atoms with Gasteiger partial charge in [-0.15, -0.1) is 0 Å². The highest BCUT2D eigenvalue weighted by Gasteiger charge is 2.24. The highest BCUT2D eigenvalue weighted by atomic mass is 16.3. The summed E-state index contributed by atoms with van der Waals surface area (Å²) in [6, 6.07) is -0.175. The lowest BCUT2D eigenvalue weighted by Crippen LogP contribution is -2.39. The quantitative estimate of drug-likeness (QED) is 0.669. The Morgan fingerprint density at radius 2 is 1.65 bits per heavy atom. The van der Waals surface area contributed by atoms with Gasteiger partial charge in [-0.2, -0.15) is 0 Å². The molecule has 0 amide bonds. The normalized spacial score (nSPS) is 23.6. The standard InChI is InChI=1S/C14H29NO2/c1-10(2)13(16)9-14(17)12(15)8-11-6-4-3-5-7-11/h10-14,16-17H,3-9,15H2,1-2H3/t12-,13+,14-/m0/s1. The van der Waals surface area contributed by atoms with Gasteiger partial charge in [0.1, 0.15) is 0 Å². The Labute approximate surface area is 105 Å². The van der Waals surface area contributed by atoms with Gasteiger partial charge in [0.25, 0.3) is 0 Å². The van der Waals surface area contributed by atoms with E-state index < -0.39 is 12.2 Å². The van der Waals surface area contributed by atoms with Crippen molar-refractivity contribution in [3.05, 3.63) is 0 Å². The first-order chi connectivity index (χ1) is 8.00. The molecule has 102 valence electrons. The van der Waals surface area contributed by atoms with E-state index in [4.69, 9.17) is 5.73 Å². The summed E-state index contributed by atoms with van der Waals surface area (Å²) in [6.07, 6.45) is 6.79. The van der Waals surface area contributed by atoms with Crippen LogP contribution in [0.25, 0.3) is 0 Å². The number of aliphatic hydroxyl groups excluding tert-OH is 2. The Morgan fingerprint density at radius 1 is 1.06 bits per heavy atom. The van der Waals surface area contributed by atoms with Crippen molar-refractivity contribution in [1.29, 1.82) is 0 Å². The van der Waals surface area contributed by atoms with Crippen molar-refractivity contribution in [3.63, 3.8) is 0 Å². The van der Waals surface area contributed by atoms with Crippen LogP contribution in [0.5, 0.6) is 0 Å². The molecular formula is C14H29NO2. The van der Waals surface area contributed by atoms with E-state index in [0.29, 0.717) is 12.3 Å². The smallest absolute Gasteiger partial charge is 0.0715 e. The summed E-state index contributed by atoms with van der Waals surface area (Å²) in [7, 11) is 0. The van der Waals surface area contributed by atoms with E-state index in [0.717, 1.165) is 6.42 Å². The Morgan fingerprint density at radius 3 is 2.18 bits per heavy atom. The van der Waals surface area contributed by atoms with E-state index >= 15 is 0 Å². The molecule has 3 atom stereocenters. The number of rotatable bonds is 6. The third kappa shape index (κ3) is 5.36. The van der Waals surface area contributed by atoms with Gasteiger partial charge >= 0.3 is 0 Å². The lowest BCUT2D eigenvalue weighted by Gasteiger charge is -2.28. The minimum Gasteiger partial charge on any atom is -0.393 e. The van der Waals surface area contributed by atoms with Crippen molar-refractivity contribution in [3.8, 4) is 0 Å². The van der Waals surface area contributed by atoms with Crippen LogP contribution in [0.4, 0.5) is 0 Å². The molecule has 0 saturated heterocycles. The molecule has 3 nitrogen and oxygen atoms in total. The second kappa shape index (κ2) is 7.34. The minimum absolute atomic E-state index is 0.175. The van der Waals surface area contributed by atoms with Crippen LogP contribution in [0.2, 0.25) is 0 Å². The number of aliphatic hydroxyl groups is 2. The van der Waals surface area contributed by atoms with Crippen LogP contribution >= 0.6 is 0 Å². The second-order valence-electron chi connectivity index (χ2n) is 6.02. The molecule has 3 heteroatoms. The predicted molar refractivity (Wildman–Crippen MR) is 70.6 cm³/mol. The summed E-state index contributed by atoms with van der Waals surface area (Å²) in [5.74, 6) is 0.871. The molecule has 1 saturated carbocycles. The molecule has 0 bridgehead atoms. The first-order valence-electron chi connectivity index (χ1n) is 7.12. The van der Waals surface area contributed by atoms with Crippen molar-refractivity contribution < 1.29 is 10.2 Å². The Kier molecular flexibility index (Phi) is 6.45. The summed E-state index contributed by atoms with van der Waals surface area (Å²) in [4.78, 5) is 0. The lowest BCUT2D eigenvalue weighted by molar-refractivity contribution is 0.0367. The van der Waals surface area contributed by atoms with Gasteiger partial charge in [-0.1, -0.05) is 46.0 Å². The highest BCUT2D eigenvalue weighted by Crippen LogP contribution is 2.28. The van der Waals surface area contributed by atoms with E-state index in [1.807, 2.05) is 13.8 Å². The number of nitrogens with two attached hydrogens (primary N) is 1. The number of hydrogen-bond donors (Lipinski definition) is 3. The topological polar surface area (TPSA) is 66.5 Å². The monoisotopic (exact) mass is 243 g/mol. The van der Waals surface area contributed by atoms with Crippen LogP contribution in [0.15, 0.2) is 0 Å². The maximum Gasteiger partial charge on any atom is 0.0715 e. The molecule has 0 spiro atoms. The van der Waals surface area contributed by atoms with E-state index in [-0.39, 0.29) is 12.0 Å². The lowest BCUT2D eigenvalue weighted by atomic mass is 9.83. The molecule has 1 fully saturated rings. The maximum absolute atomic E-state index is 9.98. The molecule has 0 radical (unpaired) electrons. The van der Waals surface area contributed by atoms with Crippen LogP contribution in [0.1, 0.15) is 58.8 Å². The van der Waals surface area contributed by atoms with E-state index in [9.17, 15) is 10.2 Å². The molecule has 0 aromatic heterocycles. The molecule has 0 unspecified atom stereocenters. The zero-order valence-corrected chi connectivity index (χ0v) is 11.3. The van der Waals surface area contributed by atoms with Crippen molar-refractivity contribution in [2.75, 3.05) is 0 Å². The Balaban J connectivity index is 2.27. The fourth-order valence-electron chi connectivity index (χ4n) is 2.66. The SMILES string of the molecule is CC(C)[C@H](O)C[C@H](O)[C@@H](N)CC1CCCCC1. The van der Waals surface area contributed by atoms with Crippen molar-refractivity contribution in [1.82, 2.24) is 0 Å². The molecule has 0 heterocycles. The van der Waals surface area contributed by atoms with Crippen molar-refractivity contribution in [2.24, 2.45) is 17.6 Å². The van der Waals surface area contributed by atoms with Gasteiger partial charge in [-0.25, -0.2) is 0 Å². The summed E-state index contributed by atoms with van der Waals surface area (Å²) in [5, 5.41) is 19.7. The van der Waals surface area contributed by atoms with Gasteiger partial charge in [0.15, 0.2) is 0 Å². The van der Waals surface area contributed by atoms with Crippen LogP contribution in [-0.2, 0) is 0 Å². The van der Waals surface area contributed by atoms with Gasteiger partial charge < -0.3 is 15.9 Å². The number of hydrogen-bond acceptors (Lipinski definition) is 3. The zero-order valence-electron chi connectivity index (χ0n) is 11.3. The molecule has 1 aliphatic carbocycles. The summed E-state index contributed by atoms with van der Waals surface area (Å²) < 4.78 is 0. The Bertz CT molecular complexity index is 202. The van der Waals surface area contributed by atoms with Gasteiger partial charge in [0.2, 0.25) is 0 Å². The maximum atomic E-state index is 9.98. The molecule has 0 aromatic carbocycles. The van der Waals surface area contributed by atoms with Gasteiger partial charge in [-0.3, -0.25) is 0 Å². The average molecular weight is 243 g/mol. The van der Waals surface area contributed by atoms with Crippen LogP contribution in [-0.4, -0.2) is 28.5 Å². The largest absolute Gasteiger partial charge is 0.393 e. The highest BCUT2D eigenvalue weighted by molar-refractivity contribution is 4.80. The Hall–Kier alpha value is -0.120. The van der Waals surface area contributed by atoms with Crippen molar-refractivity contribution >= 4 is 0 Å². The van der Waals surface area contributed by atoms with E-state index in [1.165, 1.54) is 32.1 Å². The van der Waals surface area contributed by atoms with Crippen LogP contribution < -0.4 is 5.73 Å². The fraction of sp³-hybridized carbons (Fsp3) is 1.00. The molecule has 0 aliphatic heterocycles. The van der Waals surface area contributed by atoms with Crippen molar-refractivity contribution in [2.45, 2.75) is 77.0 Å². The molecule has 17 heavy (non-hydrogen) atoms. The summed E-state index contributed by atoms with van der Waals surface area (Å²) in [6.45, 7) is 3.92. The van der Waals surface area contributed by atoms with Gasteiger partial charge in [-0.05, 0) is 18.3 Å². The first-order valence-corrected chi connectivity index (χ1v) is 7.12. The third-order valence-corrected chi connectivity index (χ3v) is 4.08. The first kappa shape index (κ1) is 14.9. The molecule has 0 aromatic rings. The van der Waals surface area contributed by atoms with E-state index in [2.05, 4.69) is 0 Å². The molecule has 1 rings (SSSR count). The molecule has 4 N–H and O–H groups in total. The molecule has 1 aliphatic rings. The van der Waals surface area contributed by atoms with Gasteiger partial charge in [0.05, 0.1) is 12.2 Å². The summed E-state index contributed by atoms with van der Waals surface area (Å²) >= 11 is 0. The summed E-state index contributed by atoms with van der Waals surface area (Å²) in [5.41, 5.74) is 6.04. The average Bonchev–Trinajstić information content (AvgIpc) is 2.29. The van der Waals surface area contributed by atoms with Crippen LogP contribution in [0, 0.1) is 11.8 Å². The minimum atomic E-state index is -0.561. The van der Waals surface area contributed by atoms with Gasteiger partial charge in [0, 0.05) is 12.5 Å². The third-order valence-electron chi connectivity index (χ3n) is 4.08.